The smallest absolute Gasteiger partial charge is 0.243 e. The lowest BCUT2D eigenvalue weighted by molar-refractivity contribution is -0.140. The summed E-state index contributed by atoms with van der Waals surface area (Å²) in [6, 6.07) is 26.4. The maximum Gasteiger partial charge on any atom is 0.243 e. The lowest BCUT2D eigenvalue weighted by atomic mass is 10.0. The zero-order valence-electron chi connectivity index (χ0n) is 19.8. The Kier molecular flexibility index (Phi) is 9.20. The molecule has 1 unspecified atom stereocenters. The molecular formula is C28H31ClN2O2S. The van der Waals surface area contributed by atoms with E-state index in [1.807, 2.05) is 106 Å². The van der Waals surface area contributed by atoms with Crippen molar-refractivity contribution < 1.29 is 9.59 Å². The van der Waals surface area contributed by atoms with Crippen LogP contribution in [-0.2, 0) is 22.6 Å². The van der Waals surface area contributed by atoms with Crippen LogP contribution in [0.2, 0.25) is 5.02 Å². The number of rotatable bonds is 9. The van der Waals surface area contributed by atoms with E-state index >= 15 is 0 Å². The molecule has 178 valence electrons. The van der Waals surface area contributed by atoms with Gasteiger partial charge in [-0.15, -0.1) is 11.8 Å². The SMILES string of the molecule is CC(C)(C)NC(=O)C(Cc1ccccc1)N(Cc1ccccc1)C(=O)CSc1ccc(Cl)cc1. The standard InChI is InChI=1S/C28H31ClN2O2S/c1-28(2,3)30-27(33)25(18-21-10-6-4-7-11-21)31(19-22-12-8-5-9-13-22)26(32)20-34-24-16-14-23(29)15-17-24/h4-17,25H,18-20H2,1-3H3,(H,30,33). The third-order valence-electron chi connectivity index (χ3n) is 5.14. The number of halogens is 1. The molecule has 2 amide bonds. The Morgan fingerprint density at radius 3 is 2.00 bits per heavy atom. The van der Waals surface area contributed by atoms with E-state index in [1.54, 1.807) is 4.90 Å². The van der Waals surface area contributed by atoms with E-state index in [1.165, 1.54) is 11.8 Å². The summed E-state index contributed by atoms with van der Waals surface area (Å²) in [7, 11) is 0. The van der Waals surface area contributed by atoms with Crippen molar-refractivity contribution >= 4 is 35.2 Å². The normalized spacial score (nSPS) is 12.1. The van der Waals surface area contributed by atoms with E-state index in [4.69, 9.17) is 11.6 Å². The molecule has 0 radical (unpaired) electrons. The number of carbonyl (C=O) groups is 2. The third kappa shape index (κ3) is 8.23. The maximum absolute atomic E-state index is 13.6. The van der Waals surface area contributed by atoms with Crippen LogP contribution in [0.15, 0.2) is 89.8 Å². The molecule has 0 bridgehead atoms. The Bertz CT molecular complexity index is 1070. The van der Waals surface area contributed by atoms with Crippen LogP contribution in [0.5, 0.6) is 0 Å². The van der Waals surface area contributed by atoms with Crippen molar-refractivity contribution in [2.24, 2.45) is 0 Å². The molecular weight excluding hydrogens is 464 g/mol. The first kappa shape index (κ1) is 25.9. The van der Waals surface area contributed by atoms with Gasteiger partial charge in [0.15, 0.2) is 0 Å². The van der Waals surface area contributed by atoms with Crippen LogP contribution in [0, 0.1) is 0 Å². The van der Waals surface area contributed by atoms with Crippen LogP contribution >= 0.6 is 23.4 Å². The van der Waals surface area contributed by atoms with Crippen molar-refractivity contribution in [1.29, 1.82) is 0 Å². The van der Waals surface area contributed by atoms with Crippen molar-refractivity contribution in [1.82, 2.24) is 10.2 Å². The molecule has 3 rings (SSSR count). The molecule has 0 saturated carbocycles. The van der Waals surface area contributed by atoms with Gasteiger partial charge in [0, 0.05) is 28.4 Å². The van der Waals surface area contributed by atoms with Gasteiger partial charge in [0.25, 0.3) is 0 Å². The summed E-state index contributed by atoms with van der Waals surface area (Å²) in [5.41, 5.74) is 1.58. The highest BCUT2D eigenvalue weighted by molar-refractivity contribution is 8.00. The lowest BCUT2D eigenvalue weighted by Crippen LogP contribution is -2.54. The highest BCUT2D eigenvalue weighted by atomic mass is 35.5. The molecule has 3 aromatic carbocycles. The summed E-state index contributed by atoms with van der Waals surface area (Å²) in [5.74, 6) is -0.0198. The van der Waals surface area contributed by atoms with Gasteiger partial charge < -0.3 is 10.2 Å². The first-order valence-corrected chi connectivity index (χ1v) is 12.7. The number of nitrogens with zero attached hydrogens (tertiary/aromatic N) is 1. The number of amides is 2. The van der Waals surface area contributed by atoms with E-state index < -0.39 is 11.6 Å². The van der Waals surface area contributed by atoms with Gasteiger partial charge in [0.05, 0.1) is 5.75 Å². The summed E-state index contributed by atoms with van der Waals surface area (Å²) in [6.07, 6.45) is 0.437. The van der Waals surface area contributed by atoms with Crippen molar-refractivity contribution in [3.63, 3.8) is 0 Å². The van der Waals surface area contributed by atoms with E-state index in [0.717, 1.165) is 16.0 Å². The van der Waals surface area contributed by atoms with E-state index in [0.29, 0.717) is 18.0 Å². The Morgan fingerprint density at radius 1 is 0.882 bits per heavy atom. The van der Waals surface area contributed by atoms with E-state index in [9.17, 15) is 9.59 Å². The fourth-order valence-electron chi connectivity index (χ4n) is 3.55. The molecule has 0 aliphatic carbocycles. The Balaban J connectivity index is 1.89. The number of thioether (sulfide) groups is 1. The van der Waals surface area contributed by atoms with Crippen LogP contribution in [0.25, 0.3) is 0 Å². The Morgan fingerprint density at radius 2 is 1.44 bits per heavy atom. The summed E-state index contributed by atoms with van der Waals surface area (Å²) < 4.78 is 0. The quantitative estimate of drug-likeness (QED) is 0.372. The fourth-order valence-corrected chi connectivity index (χ4v) is 4.46. The minimum absolute atomic E-state index is 0.0891. The predicted octanol–water partition coefficient (Wildman–Crippen LogP) is 5.99. The van der Waals surface area contributed by atoms with Gasteiger partial charge in [-0.2, -0.15) is 0 Å². The summed E-state index contributed by atoms with van der Waals surface area (Å²) >= 11 is 7.44. The van der Waals surface area contributed by atoms with Crippen LogP contribution in [0.1, 0.15) is 31.9 Å². The van der Waals surface area contributed by atoms with Gasteiger partial charge in [0.1, 0.15) is 6.04 Å². The molecule has 0 aliphatic heterocycles. The minimum atomic E-state index is -0.639. The second kappa shape index (κ2) is 12.1. The zero-order chi connectivity index (χ0) is 24.6. The largest absolute Gasteiger partial charge is 0.350 e. The third-order valence-corrected chi connectivity index (χ3v) is 6.39. The molecule has 0 saturated heterocycles. The van der Waals surface area contributed by atoms with Gasteiger partial charge in [0.2, 0.25) is 11.8 Å². The molecule has 0 aromatic heterocycles. The van der Waals surface area contributed by atoms with Gasteiger partial charge in [-0.3, -0.25) is 9.59 Å². The van der Waals surface area contributed by atoms with Crippen molar-refractivity contribution in [3.8, 4) is 0 Å². The van der Waals surface area contributed by atoms with Crippen LogP contribution in [0.4, 0.5) is 0 Å². The number of nitrogens with one attached hydrogen (secondary N) is 1. The molecule has 3 aromatic rings. The average molecular weight is 495 g/mol. The van der Waals surface area contributed by atoms with Gasteiger partial charge in [-0.1, -0.05) is 72.3 Å². The number of carbonyl (C=O) groups excluding carboxylic acids is 2. The second-order valence-electron chi connectivity index (χ2n) is 9.19. The highest BCUT2D eigenvalue weighted by Crippen LogP contribution is 2.23. The number of hydrogen-bond donors (Lipinski definition) is 1. The van der Waals surface area contributed by atoms with E-state index in [-0.39, 0.29) is 17.6 Å². The van der Waals surface area contributed by atoms with Gasteiger partial charge in [-0.25, -0.2) is 0 Å². The molecule has 1 N–H and O–H groups in total. The zero-order valence-corrected chi connectivity index (χ0v) is 21.4. The average Bonchev–Trinajstić information content (AvgIpc) is 2.81. The van der Waals surface area contributed by atoms with Gasteiger partial charge >= 0.3 is 0 Å². The van der Waals surface area contributed by atoms with Crippen molar-refractivity contribution in [2.45, 2.75) is 50.2 Å². The van der Waals surface area contributed by atoms with Crippen molar-refractivity contribution in [3.05, 3.63) is 101 Å². The molecule has 6 heteroatoms. The topological polar surface area (TPSA) is 49.4 Å². The summed E-state index contributed by atoms with van der Waals surface area (Å²) in [4.78, 5) is 29.7. The first-order valence-electron chi connectivity index (χ1n) is 11.3. The highest BCUT2D eigenvalue weighted by Gasteiger charge is 2.32. The van der Waals surface area contributed by atoms with Crippen LogP contribution in [0.3, 0.4) is 0 Å². The monoisotopic (exact) mass is 494 g/mol. The fraction of sp³-hybridized carbons (Fsp3) is 0.286. The Labute approximate surface area is 211 Å². The van der Waals surface area contributed by atoms with Crippen molar-refractivity contribution in [2.75, 3.05) is 5.75 Å². The predicted molar refractivity (Wildman–Crippen MR) is 141 cm³/mol. The van der Waals surface area contributed by atoms with E-state index in [2.05, 4.69) is 5.32 Å². The molecule has 0 aliphatic rings. The molecule has 0 spiro atoms. The van der Waals surface area contributed by atoms with Gasteiger partial charge in [-0.05, 0) is 56.2 Å². The molecule has 4 nitrogen and oxygen atoms in total. The summed E-state index contributed by atoms with van der Waals surface area (Å²) in [6.45, 7) is 6.20. The first-order chi connectivity index (χ1) is 16.2. The number of hydrogen-bond acceptors (Lipinski definition) is 3. The molecule has 34 heavy (non-hydrogen) atoms. The lowest BCUT2D eigenvalue weighted by Gasteiger charge is -2.34. The molecule has 1 atom stereocenters. The van der Waals surface area contributed by atoms with Crippen LogP contribution in [-0.4, -0.2) is 34.0 Å². The second-order valence-corrected chi connectivity index (χ2v) is 10.7. The molecule has 0 heterocycles. The summed E-state index contributed by atoms with van der Waals surface area (Å²) in [5, 5.41) is 3.74. The maximum atomic E-state index is 13.6. The molecule has 0 fully saturated rings. The van der Waals surface area contributed by atoms with Crippen LogP contribution < -0.4 is 5.32 Å². The minimum Gasteiger partial charge on any atom is -0.350 e. The Hall–Kier alpha value is -2.76. The number of benzene rings is 3.